The summed E-state index contributed by atoms with van der Waals surface area (Å²) in [5.41, 5.74) is 0. The minimum absolute atomic E-state index is 0.0829. The molecule has 1 amide bonds. The van der Waals surface area contributed by atoms with E-state index < -0.39 is 0 Å². The molecular formula is C8H13N3O2. The number of amides is 1. The second kappa shape index (κ2) is 4.21. The largest absolute Gasteiger partial charge is 0.394 e. The average molecular weight is 183 g/mol. The lowest BCUT2D eigenvalue weighted by molar-refractivity contribution is -0.126. The highest BCUT2D eigenvalue weighted by Gasteiger charge is 2.26. The average Bonchev–Trinajstić information content (AvgIpc) is 2.15. The third-order valence-electron chi connectivity index (χ3n) is 2.12. The lowest BCUT2D eigenvalue weighted by Gasteiger charge is -2.33. The molecule has 0 aromatic carbocycles. The molecule has 1 rings (SSSR count). The minimum Gasteiger partial charge on any atom is -0.394 e. The zero-order valence-electron chi connectivity index (χ0n) is 7.53. The quantitative estimate of drug-likeness (QED) is 0.557. The molecule has 0 aliphatic carbocycles. The van der Waals surface area contributed by atoms with Gasteiger partial charge >= 0.3 is 0 Å². The van der Waals surface area contributed by atoms with Crippen LogP contribution >= 0.6 is 0 Å². The first-order valence-electron chi connectivity index (χ1n) is 4.21. The van der Waals surface area contributed by atoms with Crippen LogP contribution in [0.4, 0.5) is 0 Å². The smallest absolute Gasteiger partial charge is 0.234 e. The lowest BCUT2D eigenvalue weighted by atomic mass is 10.2. The molecule has 0 spiro atoms. The van der Waals surface area contributed by atoms with Gasteiger partial charge in [0.05, 0.1) is 31.3 Å². The summed E-state index contributed by atoms with van der Waals surface area (Å²) in [7, 11) is 0. The Hall–Kier alpha value is -1.12. The predicted molar refractivity (Wildman–Crippen MR) is 45.7 cm³/mol. The molecule has 1 saturated heterocycles. The Morgan fingerprint density at radius 2 is 2.62 bits per heavy atom. The van der Waals surface area contributed by atoms with Crippen LogP contribution in [0.25, 0.3) is 0 Å². The zero-order valence-corrected chi connectivity index (χ0v) is 7.53. The molecule has 2 atom stereocenters. The van der Waals surface area contributed by atoms with Crippen LogP contribution in [0.5, 0.6) is 0 Å². The van der Waals surface area contributed by atoms with Crippen LogP contribution in [-0.2, 0) is 4.79 Å². The Balaban J connectivity index is 2.57. The molecular weight excluding hydrogens is 170 g/mol. The fourth-order valence-electron chi connectivity index (χ4n) is 1.33. The number of nitriles is 1. The second-order valence-electron chi connectivity index (χ2n) is 3.18. The molecule has 0 bridgehead atoms. The molecule has 0 aromatic heterocycles. The van der Waals surface area contributed by atoms with Gasteiger partial charge in [-0.15, -0.1) is 0 Å². The maximum atomic E-state index is 11.1. The molecule has 5 heteroatoms. The molecule has 2 N–H and O–H groups in total. The third-order valence-corrected chi connectivity index (χ3v) is 2.12. The standard InChI is InChI=1S/C8H13N3O2/c1-6(2-9)11-3-7(5-12)10-8(13)4-11/h6-7,12H,3-5H2,1H3,(H,10,13)/t6?,7-/m0/s1. The number of piperazine rings is 1. The second-order valence-corrected chi connectivity index (χ2v) is 3.18. The van der Waals surface area contributed by atoms with Gasteiger partial charge < -0.3 is 10.4 Å². The number of carbonyl (C=O) groups excluding carboxylic acids is 1. The van der Waals surface area contributed by atoms with E-state index in [4.69, 9.17) is 10.4 Å². The number of aliphatic hydroxyl groups is 1. The fourth-order valence-corrected chi connectivity index (χ4v) is 1.33. The normalized spacial score (nSPS) is 26.2. The van der Waals surface area contributed by atoms with Crippen molar-refractivity contribution in [1.82, 2.24) is 10.2 Å². The van der Waals surface area contributed by atoms with Gasteiger partial charge in [-0.3, -0.25) is 9.69 Å². The highest BCUT2D eigenvalue weighted by atomic mass is 16.3. The molecule has 1 unspecified atom stereocenters. The SMILES string of the molecule is CC(C#N)N1CC(=O)N[C@H](CO)C1. The lowest BCUT2D eigenvalue weighted by Crippen LogP contribution is -2.57. The van der Waals surface area contributed by atoms with Gasteiger partial charge in [-0.05, 0) is 6.92 Å². The summed E-state index contributed by atoms with van der Waals surface area (Å²) in [6.45, 7) is 2.44. The summed E-state index contributed by atoms with van der Waals surface area (Å²) < 4.78 is 0. The van der Waals surface area contributed by atoms with Crippen molar-refractivity contribution in [2.45, 2.75) is 19.0 Å². The van der Waals surface area contributed by atoms with Crippen molar-refractivity contribution in [1.29, 1.82) is 5.26 Å². The first-order chi connectivity index (χ1) is 6.17. The minimum atomic E-state index is -0.278. The van der Waals surface area contributed by atoms with Crippen LogP contribution < -0.4 is 5.32 Å². The van der Waals surface area contributed by atoms with Crippen LogP contribution in [-0.4, -0.2) is 47.7 Å². The number of carbonyl (C=O) groups is 1. The topological polar surface area (TPSA) is 76.4 Å². The Bertz CT molecular complexity index is 236. The zero-order chi connectivity index (χ0) is 9.84. The molecule has 13 heavy (non-hydrogen) atoms. The molecule has 1 heterocycles. The third kappa shape index (κ3) is 2.41. The van der Waals surface area contributed by atoms with Crippen molar-refractivity contribution in [2.75, 3.05) is 19.7 Å². The van der Waals surface area contributed by atoms with Crippen molar-refractivity contribution < 1.29 is 9.90 Å². The van der Waals surface area contributed by atoms with Gasteiger partial charge in [-0.2, -0.15) is 5.26 Å². The van der Waals surface area contributed by atoms with E-state index in [0.717, 1.165) is 0 Å². The van der Waals surface area contributed by atoms with Gasteiger partial charge in [0.15, 0.2) is 0 Å². The molecule has 72 valence electrons. The predicted octanol–water partition coefficient (Wildman–Crippen LogP) is -1.31. The van der Waals surface area contributed by atoms with E-state index in [1.165, 1.54) is 0 Å². The number of rotatable bonds is 2. The van der Waals surface area contributed by atoms with E-state index in [9.17, 15) is 4.79 Å². The number of nitrogens with one attached hydrogen (secondary N) is 1. The van der Waals surface area contributed by atoms with Crippen molar-refractivity contribution in [2.24, 2.45) is 0 Å². The summed E-state index contributed by atoms with van der Waals surface area (Å²) >= 11 is 0. The Morgan fingerprint density at radius 1 is 1.92 bits per heavy atom. The molecule has 1 fully saturated rings. The van der Waals surface area contributed by atoms with E-state index in [1.807, 2.05) is 0 Å². The van der Waals surface area contributed by atoms with Crippen LogP contribution in [0, 0.1) is 11.3 Å². The van der Waals surface area contributed by atoms with Gasteiger partial charge in [0, 0.05) is 6.54 Å². The Labute approximate surface area is 76.9 Å². The number of hydrogen-bond acceptors (Lipinski definition) is 4. The molecule has 1 aliphatic heterocycles. The Morgan fingerprint density at radius 3 is 3.15 bits per heavy atom. The molecule has 0 aromatic rings. The van der Waals surface area contributed by atoms with Crippen molar-refractivity contribution in [3.05, 3.63) is 0 Å². The van der Waals surface area contributed by atoms with E-state index in [-0.39, 0.29) is 31.1 Å². The summed E-state index contributed by atoms with van der Waals surface area (Å²) in [4.78, 5) is 12.8. The van der Waals surface area contributed by atoms with E-state index in [2.05, 4.69) is 11.4 Å². The summed E-state index contributed by atoms with van der Waals surface area (Å²) in [6, 6.07) is 1.55. The van der Waals surface area contributed by atoms with Crippen molar-refractivity contribution in [3.8, 4) is 6.07 Å². The number of aliphatic hydroxyl groups excluding tert-OH is 1. The van der Waals surface area contributed by atoms with Gasteiger partial charge in [0.2, 0.25) is 5.91 Å². The van der Waals surface area contributed by atoms with Crippen LogP contribution in [0.1, 0.15) is 6.92 Å². The van der Waals surface area contributed by atoms with Gasteiger partial charge in [-0.1, -0.05) is 0 Å². The van der Waals surface area contributed by atoms with E-state index in [1.54, 1.807) is 11.8 Å². The molecule has 1 aliphatic rings. The summed E-state index contributed by atoms with van der Waals surface area (Å²) in [5.74, 6) is -0.132. The maximum Gasteiger partial charge on any atom is 0.234 e. The molecule has 0 radical (unpaired) electrons. The first kappa shape index (κ1) is 9.96. The van der Waals surface area contributed by atoms with E-state index >= 15 is 0 Å². The van der Waals surface area contributed by atoms with Gasteiger partial charge in [0.25, 0.3) is 0 Å². The molecule has 5 nitrogen and oxygen atoms in total. The number of hydrogen-bond donors (Lipinski definition) is 2. The van der Waals surface area contributed by atoms with E-state index in [0.29, 0.717) is 6.54 Å². The van der Waals surface area contributed by atoms with Crippen LogP contribution in [0.3, 0.4) is 0 Å². The molecule has 0 saturated carbocycles. The highest BCUT2D eigenvalue weighted by molar-refractivity contribution is 5.79. The van der Waals surface area contributed by atoms with Gasteiger partial charge in [-0.25, -0.2) is 0 Å². The van der Waals surface area contributed by atoms with Crippen LogP contribution in [0.15, 0.2) is 0 Å². The first-order valence-corrected chi connectivity index (χ1v) is 4.21. The monoisotopic (exact) mass is 183 g/mol. The summed E-state index contributed by atoms with van der Waals surface area (Å²) in [6.07, 6.45) is 0. The van der Waals surface area contributed by atoms with Crippen LogP contribution in [0.2, 0.25) is 0 Å². The fraction of sp³-hybridized carbons (Fsp3) is 0.750. The highest BCUT2D eigenvalue weighted by Crippen LogP contribution is 2.04. The maximum absolute atomic E-state index is 11.1. The van der Waals surface area contributed by atoms with Crippen molar-refractivity contribution >= 4 is 5.91 Å². The van der Waals surface area contributed by atoms with Gasteiger partial charge in [0.1, 0.15) is 0 Å². The summed E-state index contributed by atoms with van der Waals surface area (Å²) in [5, 5.41) is 20.1. The Kier molecular flexibility index (Phi) is 3.23. The van der Waals surface area contributed by atoms with Crippen molar-refractivity contribution in [3.63, 3.8) is 0 Å². The number of nitrogens with zero attached hydrogens (tertiary/aromatic N) is 2.